The molecule has 2 rings (SSSR count). The molecule has 2 amide bonds. The molecular formula is C20H32N6O5. The van der Waals surface area contributed by atoms with E-state index >= 15 is 0 Å². The van der Waals surface area contributed by atoms with Crippen molar-refractivity contribution in [2.24, 2.45) is 11.8 Å². The Hall–Kier alpha value is -3.24. The molecule has 0 unspecified atom stereocenters. The van der Waals surface area contributed by atoms with Gasteiger partial charge in [0.05, 0.1) is 31.0 Å². The Labute approximate surface area is 180 Å². The number of esters is 1. The van der Waals surface area contributed by atoms with Crippen molar-refractivity contribution in [3.8, 4) is 0 Å². The third kappa shape index (κ3) is 5.89. The van der Waals surface area contributed by atoms with Crippen molar-refractivity contribution in [1.29, 1.82) is 0 Å². The maximum absolute atomic E-state index is 12.7. The normalized spacial score (nSPS) is 14.0. The summed E-state index contributed by atoms with van der Waals surface area (Å²) < 4.78 is 6.43. The summed E-state index contributed by atoms with van der Waals surface area (Å²) in [4.78, 5) is 53.4. The lowest BCUT2D eigenvalue weighted by Crippen LogP contribution is -2.48. The van der Waals surface area contributed by atoms with Gasteiger partial charge in [-0.05, 0) is 18.8 Å². The number of amides is 2. The fraction of sp³-hybridized carbons (Fsp3) is 0.600. The van der Waals surface area contributed by atoms with Crippen molar-refractivity contribution in [2.45, 2.75) is 41.2 Å². The third-order valence-corrected chi connectivity index (χ3v) is 4.59. The highest BCUT2D eigenvalue weighted by Gasteiger charge is 2.27. The highest BCUT2D eigenvalue weighted by molar-refractivity contribution is 5.94. The fourth-order valence-electron chi connectivity index (χ4n) is 3.38. The van der Waals surface area contributed by atoms with E-state index in [1.807, 2.05) is 27.7 Å². The topological polar surface area (TPSA) is 152 Å². The number of nitrogens with two attached hydrogens (primary N) is 1. The predicted octanol–water partition coefficient (Wildman–Crippen LogP) is 0.367. The molecule has 2 heterocycles. The second-order valence-electron chi connectivity index (χ2n) is 8.26. The number of nitrogens with zero attached hydrogens (tertiary/aromatic N) is 2. The van der Waals surface area contributed by atoms with Gasteiger partial charge in [0, 0.05) is 13.1 Å². The largest absolute Gasteiger partial charge is 0.463 e. The van der Waals surface area contributed by atoms with E-state index in [1.54, 1.807) is 11.8 Å². The minimum Gasteiger partial charge on any atom is -0.463 e. The lowest BCUT2D eigenvalue weighted by Gasteiger charge is -2.31. The molecule has 1 aromatic rings. The van der Waals surface area contributed by atoms with E-state index in [1.165, 1.54) is 4.57 Å². The number of anilines is 2. The standard InChI is InChI=1S/C20H32N6O5/c1-6-31-18(28)13-7-22-19(29)23-14(13)10-25(8-11(2)3)15-16(21)26(9-12(4)5)20(30)24-17(15)27/h11-12H,6-10,21H2,1-5H3,(H2,22,23,29)(H,24,27,30). The van der Waals surface area contributed by atoms with Crippen LogP contribution < -0.4 is 32.5 Å². The van der Waals surface area contributed by atoms with E-state index in [0.29, 0.717) is 18.8 Å². The SMILES string of the molecule is CCOC(=O)C1=C(CN(CC(C)C)c2c(N)n(CC(C)C)c(=O)[nH]c2=O)NC(=O)NC1. The first-order valence-corrected chi connectivity index (χ1v) is 10.4. The predicted molar refractivity (Wildman–Crippen MR) is 118 cm³/mol. The van der Waals surface area contributed by atoms with Crippen LogP contribution in [0.2, 0.25) is 0 Å². The van der Waals surface area contributed by atoms with Crippen molar-refractivity contribution in [3.63, 3.8) is 0 Å². The first-order valence-electron chi connectivity index (χ1n) is 10.4. The number of urea groups is 1. The molecule has 0 aliphatic carbocycles. The van der Waals surface area contributed by atoms with E-state index in [0.717, 1.165) is 0 Å². The lowest BCUT2D eigenvalue weighted by atomic mass is 10.1. The molecule has 0 aromatic carbocycles. The molecule has 0 saturated heterocycles. The summed E-state index contributed by atoms with van der Waals surface area (Å²) in [5.74, 6) is -0.268. The van der Waals surface area contributed by atoms with E-state index in [4.69, 9.17) is 10.5 Å². The number of ether oxygens (including phenoxy) is 1. The van der Waals surface area contributed by atoms with Gasteiger partial charge in [0.1, 0.15) is 11.5 Å². The van der Waals surface area contributed by atoms with Crippen molar-refractivity contribution >= 4 is 23.5 Å². The van der Waals surface area contributed by atoms with Gasteiger partial charge in [0.25, 0.3) is 5.56 Å². The van der Waals surface area contributed by atoms with Crippen molar-refractivity contribution in [2.75, 3.05) is 36.9 Å². The number of nitrogen functional groups attached to an aromatic ring is 1. The number of aromatic nitrogens is 2. The summed E-state index contributed by atoms with van der Waals surface area (Å²) >= 11 is 0. The summed E-state index contributed by atoms with van der Waals surface area (Å²) in [7, 11) is 0. The first kappa shape index (κ1) is 24.0. The highest BCUT2D eigenvalue weighted by Crippen LogP contribution is 2.21. The smallest absolute Gasteiger partial charge is 0.337 e. The summed E-state index contributed by atoms with van der Waals surface area (Å²) in [5.41, 5.74) is 5.79. The molecule has 5 N–H and O–H groups in total. The van der Waals surface area contributed by atoms with E-state index in [9.17, 15) is 19.2 Å². The molecule has 0 radical (unpaired) electrons. The molecule has 0 spiro atoms. The number of hydrogen-bond acceptors (Lipinski definition) is 7. The molecule has 1 aromatic heterocycles. The van der Waals surface area contributed by atoms with Crippen LogP contribution in [0, 0.1) is 11.8 Å². The van der Waals surface area contributed by atoms with Gasteiger partial charge in [0.2, 0.25) is 0 Å². The maximum atomic E-state index is 12.7. The van der Waals surface area contributed by atoms with Crippen LogP contribution >= 0.6 is 0 Å². The summed E-state index contributed by atoms with van der Waals surface area (Å²) in [6.45, 7) is 10.4. The number of rotatable bonds is 9. The zero-order valence-electron chi connectivity index (χ0n) is 18.7. The monoisotopic (exact) mass is 436 g/mol. The van der Waals surface area contributed by atoms with Crippen LogP contribution in [-0.2, 0) is 16.1 Å². The zero-order chi connectivity index (χ0) is 23.3. The van der Waals surface area contributed by atoms with Gasteiger partial charge in [0.15, 0.2) is 0 Å². The van der Waals surface area contributed by atoms with Gasteiger partial charge >= 0.3 is 17.7 Å². The number of hydrogen-bond donors (Lipinski definition) is 4. The molecule has 0 atom stereocenters. The van der Waals surface area contributed by atoms with E-state index in [-0.39, 0.29) is 48.6 Å². The lowest BCUT2D eigenvalue weighted by molar-refractivity contribution is -0.138. The quantitative estimate of drug-likeness (QED) is 0.408. The molecule has 1 aliphatic rings. The van der Waals surface area contributed by atoms with Crippen LogP contribution in [-0.4, -0.2) is 47.8 Å². The summed E-state index contributed by atoms with van der Waals surface area (Å²) in [6, 6.07) is -0.459. The third-order valence-electron chi connectivity index (χ3n) is 4.59. The average Bonchev–Trinajstić information content (AvgIpc) is 2.64. The van der Waals surface area contributed by atoms with Gasteiger partial charge in [-0.3, -0.25) is 14.3 Å². The number of carbonyl (C=O) groups excluding carboxylic acids is 2. The molecule has 11 heteroatoms. The summed E-state index contributed by atoms with van der Waals surface area (Å²) in [6.07, 6.45) is 0. The van der Waals surface area contributed by atoms with Crippen LogP contribution in [0.1, 0.15) is 34.6 Å². The molecular weight excluding hydrogens is 404 g/mol. The van der Waals surface area contributed by atoms with Gasteiger partial charge in [-0.15, -0.1) is 0 Å². The Morgan fingerprint density at radius 1 is 1.19 bits per heavy atom. The van der Waals surface area contributed by atoms with Crippen molar-refractivity contribution in [3.05, 3.63) is 32.1 Å². The second-order valence-corrected chi connectivity index (χ2v) is 8.26. The number of aromatic amines is 1. The van der Waals surface area contributed by atoms with Gasteiger partial charge in [-0.2, -0.15) is 0 Å². The Morgan fingerprint density at radius 3 is 2.45 bits per heavy atom. The van der Waals surface area contributed by atoms with Crippen LogP contribution in [0.3, 0.4) is 0 Å². The van der Waals surface area contributed by atoms with Crippen LogP contribution in [0.4, 0.5) is 16.3 Å². The average molecular weight is 437 g/mol. The molecule has 172 valence electrons. The molecule has 0 saturated carbocycles. The molecule has 1 aliphatic heterocycles. The maximum Gasteiger partial charge on any atom is 0.337 e. The van der Waals surface area contributed by atoms with Crippen LogP contribution in [0.5, 0.6) is 0 Å². The summed E-state index contributed by atoms with van der Waals surface area (Å²) in [5, 5.41) is 5.19. The Balaban J connectivity index is 2.58. The van der Waals surface area contributed by atoms with Crippen molar-refractivity contribution < 1.29 is 14.3 Å². The van der Waals surface area contributed by atoms with Gasteiger partial charge in [-0.1, -0.05) is 27.7 Å². The number of nitrogens with one attached hydrogen (secondary N) is 3. The zero-order valence-corrected chi connectivity index (χ0v) is 18.7. The minimum atomic E-state index is -0.623. The van der Waals surface area contributed by atoms with E-state index < -0.39 is 23.2 Å². The van der Waals surface area contributed by atoms with Crippen LogP contribution in [0.15, 0.2) is 20.9 Å². The minimum absolute atomic E-state index is 0.00814. The molecule has 0 fully saturated rings. The molecule has 11 nitrogen and oxygen atoms in total. The Bertz CT molecular complexity index is 975. The van der Waals surface area contributed by atoms with E-state index in [2.05, 4.69) is 15.6 Å². The molecule has 0 bridgehead atoms. The van der Waals surface area contributed by atoms with Gasteiger partial charge in [-0.25, -0.2) is 14.4 Å². The molecule has 31 heavy (non-hydrogen) atoms. The van der Waals surface area contributed by atoms with Gasteiger partial charge < -0.3 is 26.0 Å². The van der Waals surface area contributed by atoms with Crippen LogP contribution in [0.25, 0.3) is 0 Å². The number of H-pyrrole nitrogens is 1. The Morgan fingerprint density at radius 2 is 1.87 bits per heavy atom. The first-order chi connectivity index (χ1) is 14.5. The Kier molecular flexibility index (Phi) is 7.89. The number of carbonyl (C=O) groups is 2. The second kappa shape index (κ2) is 10.2. The van der Waals surface area contributed by atoms with Crippen molar-refractivity contribution in [1.82, 2.24) is 20.2 Å². The fourth-order valence-corrected chi connectivity index (χ4v) is 3.38. The highest BCUT2D eigenvalue weighted by atomic mass is 16.5.